The van der Waals surface area contributed by atoms with E-state index in [9.17, 15) is 14.4 Å². The first kappa shape index (κ1) is 16.8. The number of ether oxygens (including phenoxy) is 1. The van der Waals surface area contributed by atoms with E-state index in [2.05, 4.69) is 10.1 Å². The first-order chi connectivity index (χ1) is 10.9. The summed E-state index contributed by atoms with van der Waals surface area (Å²) in [4.78, 5) is 38.9. The SMILES string of the molecule is COC(=O)N[C@H](C)C(=O)N1CCN(c2ccc(C)cc2)C(=O)C1. The smallest absolute Gasteiger partial charge is 0.407 e. The minimum atomic E-state index is -0.735. The number of nitrogens with zero attached hydrogens (tertiary/aromatic N) is 2. The number of anilines is 1. The second kappa shape index (κ2) is 7.13. The number of aryl methyl sites for hydroxylation is 1. The van der Waals surface area contributed by atoms with E-state index in [1.54, 1.807) is 11.8 Å². The molecule has 124 valence electrons. The van der Waals surface area contributed by atoms with E-state index in [0.29, 0.717) is 13.1 Å². The van der Waals surface area contributed by atoms with Crippen LogP contribution >= 0.6 is 0 Å². The molecule has 1 atom stereocenters. The van der Waals surface area contributed by atoms with Gasteiger partial charge in [-0.15, -0.1) is 0 Å². The minimum absolute atomic E-state index is 0.0000968. The topological polar surface area (TPSA) is 79.0 Å². The third-order valence-electron chi connectivity index (χ3n) is 3.77. The van der Waals surface area contributed by atoms with E-state index in [4.69, 9.17) is 0 Å². The zero-order chi connectivity index (χ0) is 17.0. The van der Waals surface area contributed by atoms with Gasteiger partial charge in [0.2, 0.25) is 11.8 Å². The maximum absolute atomic E-state index is 12.3. The fourth-order valence-corrected chi connectivity index (χ4v) is 2.43. The summed E-state index contributed by atoms with van der Waals surface area (Å²) in [5.74, 6) is -0.439. The van der Waals surface area contributed by atoms with Gasteiger partial charge in [-0.25, -0.2) is 4.79 Å². The molecule has 0 spiro atoms. The van der Waals surface area contributed by atoms with Gasteiger partial charge in [-0.1, -0.05) is 17.7 Å². The summed E-state index contributed by atoms with van der Waals surface area (Å²) < 4.78 is 4.47. The van der Waals surface area contributed by atoms with Crippen molar-refractivity contribution >= 4 is 23.6 Å². The van der Waals surface area contributed by atoms with E-state index in [0.717, 1.165) is 11.3 Å². The van der Waals surface area contributed by atoms with Crippen molar-refractivity contribution in [2.24, 2.45) is 0 Å². The fourth-order valence-electron chi connectivity index (χ4n) is 2.43. The van der Waals surface area contributed by atoms with Crippen LogP contribution in [0.15, 0.2) is 24.3 Å². The molecule has 1 N–H and O–H groups in total. The highest BCUT2D eigenvalue weighted by molar-refractivity contribution is 5.98. The number of carbonyl (C=O) groups excluding carboxylic acids is 3. The number of hydrogen-bond donors (Lipinski definition) is 1. The molecule has 1 aliphatic rings. The first-order valence-corrected chi connectivity index (χ1v) is 7.42. The first-order valence-electron chi connectivity index (χ1n) is 7.42. The second-order valence-electron chi connectivity index (χ2n) is 5.50. The van der Waals surface area contributed by atoms with Crippen LogP contribution in [-0.4, -0.2) is 55.6 Å². The molecule has 1 fully saturated rings. The maximum Gasteiger partial charge on any atom is 0.407 e. The lowest BCUT2D eigenvalue weighted by atomic mass is 10.2. The Morgan fingerprint density at radius 3 is 2.43 bits per heavy atom. The molecule has 0 aromatic heterocycles. The highest BCUT2D eigenvalue weighted by atomic mass is 16.5. The molecule has 0 saturated carbocycles. The molecule has 7 nitrogen and oxygen atoms in total. The van der Waals surface area contributed by atoms with Crippen LogP contribution in [0.25, 0.3) is 0 Å². The van der Waals surface area contributed by atoms with E-state index in [1.165, 1.54) is 12.0 Å². The normalized spacial score (nSPS) is 16.0. The highest BCUT2D eigenvalue weighted by Gasteiger charge is 2.30. The Bertz CT molecular complexity index is 600. The number of hydrogen-bond acceptors (Lipinski definition) is 4. The van der Waals surface area contributed by atoms with Crippen LogP contribution in [0.2, 0.25) is 0 Å². The van der Waals surface area contributed by atoms with Crippen molar-refractivity contribution in [2.75, 3.05) is 31.6 Å². The Kier molecular flexibility index (Phi) is 5.20. The molecule has 0 unspecified atom stereocenters. The molecule has 0 radical (unpaired) electrons. The minimum Gasteiger partial charge on any atom is -0.453 e. The molecule has 1 saturated heterocycles. The molecular weight excluding hydrogens is 298 g/mol. The van der Waals surface area contributed by atoms with Gasteiger partial charge in [0.05, 0.1) is 7.11 Å². The Morgan fingerprint density at radius 1 is 1.22 bits per heavy atom. The molecule has 2 rings (SSSR count). The summed E-state index contributed by atoms with van der Waals surface area (Å²) in [6.07, 6.45) is -0.671. The van der Waals surface area contributed by atoms with Crippen LogP contribution in [0, 0.1) is 6.92 Å². The summed E-state index contributed by atoms with van der Waals surface area (Å²) in [6, 6.07) is 6.95. The van der Waals surface area contributed by atoms with Gasteiger partial charge >= 0.3 is 6.09 Å². The maximum atomic E-state index is 12.3. The predicted octanol–water partition coefficient (Wildman–Crippen LogP) is 0.915. The third-order valence-corrected chi connectivity index (χ3v) is 3.77. The van der Waals surface area contributed by atoms with Crippen LogP contribution in [-0.2, 0) is 14.3 Å². The Labute approximate surface area is 135 Å². The van der Waals surface area contributed by atoms with Crippen molar-refractivity contribution in [3.05, 3.63) is 29.8 Å². The number of nitrogens with one attached hydrogen (secondary N) is 1. The lowest BCUT2D eigenvalue weighted by molar-refractivity contribution is -0.138. The molecule has 0 bridgehead atoms. The molecule has 1 heterocycles. The second-order valence-corrected chi connectivity index (χ2v) is 5.50. The van der Waals surface area contributed by atoms with Gasteiger partial charge in [-0.05, 0) is 26.0 Å². The number of rotatable bonds is 3. The third kappa shape index (κ3) is 4.00. The van der Waals surface area contributed by atoms with Crippen molar-refractivity contribution in [3.8, 4) is 0 Å². The average molecular weight is 319 g/mol. The molecule has 7 heteroatoms. The van der Waals surface area contributed by atoms with Crippen molar-refractivity contribution in [1.82, 2.24) is 10.2 Å². The van der Waals surface area contributed by atoms with Crippen LogP contribution < -0.4 is 10.2 Å². The number of carbonyl (C=O) groups is 3. The lowest BCUT2D eigenvalue weighted by Crippen LogP contribution is -2.56. The molecular formula is C16H21N3O4. The summed E-state index contributed by atoms with van der Waals surface area (Å²) in [5, 5.41) is 2.41. The molecule has 1 aromatic carbocycles. The van der Waals surface area contributed by atoms with Gasteiger partial charge in [0, 0.05) is 18.8 Å². The van der Waals surface area contributed by atoms with E-state index in [1.807, 2.05) is 31.2 Å². The molecule has 1 aromatic rings. The number of alkyl carbamates (subject to hydrolysis) is 1. The standard InChI is InChI=1S/C16H21N3O4/c1-11-4-6-13(7-5-11)19-9-8-18(10-14(19)20)15(21)12(2)17-16(22)23-3/h4-7,12H,8-10H2,1-3H3,(H,17,22)/t12-/m1/s1. The van der Waals surface area contributed by atoms with Crippen molar-refractivity contribution in [3.63, 3.8) is 0 Å². The van der Waals surface area contributed by atoms with Crippen LogP contribution in [0.3, 0.4) is 0 Å². The van der Waals surface area contributed by atoms with Gasteiger partial charge in [-0.3, -0.25) is 9.59 Å². The van der Waals surface area contributed by atoms with E-state index in [-0.39, 0.29) is 18.4 Å². The Morgan fingerprint density at radius 2 is 1.87 bits per heavy atom. The summed E-state index contributed by atoms with van der Waals surface area (Å²) >= 11 is 0. The zero-order valence-electron chi connectivity index (χ0n) is 13.5. The van der Waals surface area contributed by atoms with Crippen molar-refractivity contribution in [2.45, 2.75) is 19.9 Å². The summed E-state index contributed by atoms with van der Waals surface area (Å²) in [6.45, 7) is 4.40. The van der Waals surface area contributed by atoms with Crippen molar-refractivity contribution in [1.29, 1.82) is 0 Å². The fraction of sp³-hybridized carbons (Fsp3) is 0.438. The molecule has 0 aliphatic carbocycles. The monoisotopic (exact) mass is 319 g/mol. The number of benzene rings is 1. The van der Waals surface area contributed by atoms with Crippen LogP contribution in [0.5, 0.6) is 0 Å². The quantitative estimate of drug-likeness (QED) is 0.898. The summed E-state index contributed by atoms with van der Waals surface area (Å²) in [7, 11) is 1.23. The molecule has 1 aliphatic heterocycles. The van der Waals surface area contributed by atoms with Gasteiger partial charge in [0.15, 0.2) is 0 Å². The van der Waals surface area contributed by atoms with Gasteiger partial charge in [-0.2, -0.15) is 0 Å². The Hall–Kier alpha value is -2.57. The van der Waals surface area contributed by atoms with Crippen LogP contribution in [0.1, 0.15) is 12.5 Å². The van der Waals surface area contributed by atoms with E-state index >= 15 is 0 Å². The van der Waals surface area contributed by atoms with Gasteiger partial charge in [0.1, 0.15) is 12.6 Å². The van der Waals surface area contributed by atoms with Crippen molar-refractivity contribution < 1.29 is 19.1 Å². The molecule has 23 heavy (non-hydrogen) atoms. The number of piperazine rings is 1. The zero-order valence-corrected chi connectivity index (χ0v) is 13.5. The number of methoxy groups -OCH3 is 1. The lowest BCUT2D eigenvalue weighted by Gasteiger charge is -2.35. The highest BCUT2D eigenvalue weighted by Crippen LogP contribution is 2.18. The Balaban J connectivity index is 1.98. The average Bonchev–Trinajstić information content (AvgIpc) is 2.54. The van der Waals surface area contributed by atoms with Gasteiger partial charge in [0.25, 0.3) is 0 Å². The molecule has 3 amide bonds. The van der Waals surface area contributed by atoms with Crippen LogP contribution in [0.4, 0.5) is 10.5 Å². The predicted molar refractivity (Wildman–Crippen MR) is 85.1 cm³/mol. The summed E-state index contributed by atoms with van der Waals surface area (Å²) in [5.41, 5.74) is 1.95. The number of amides is 3. The van der Waals surface area contributed by atoms with E-state index < -0.39 is 12.1 Å². The largest absolute Gasteiger partial charge is 0.453 e. The van der Waals surface area contributed by atoms with Gasteiger partial charge < -0.3 is 19.9 Å².